The summed E-state index contributed by atoms with van der Waals surface area (Å²) in [5.74, 6) is 0.954. The Bertz CT molecular complexity index is 350. The standard InChI is InChI=1S/C13H21NO2/c1-10-7-11(2)13(16-4)12(8-10)9-14(3)5-6-15/h7-8,15H,5-6,9H2,1-4H3. The quantitative estimate of drug-likeness (QED) is 0.825. The van der Waals surface area contributed by atoms with Crippen LogP contribution in [0.5, 0.6) is 5.75 Å². The topological polar surface area (TPSA) is 32.7 Å². The number of benzene rings is 1. The van der Waals surface area contributed by atoms with Gasteiger partial charge in [0, 0.05) is 18.7 Å². The summed E-state index contributed by atoms with van der Waals surface area (Å²) in [4.78, 5) is 2.08. The van der Waals surface area contributed by atoms with Crippen molar-refractivity contribution in [1.82, 2.24) is 4.90 Å². The molecule has 0 spiro atoms. The molecular formula is C13H21NO2. The minimum absolute atomic E-state index is 0.184. The number of ether oxygens (including phenoxy) is 1. The highest BCUT2D eigenvalue weighted by Gasteiger charge is 2.09. The van der Waals surface area contributed by atoms with Crippen molar-refractivity contribution in [2.45, 2.75) is 20.4 Å². The van der Waals surface area contributed by atoms with E-state index in [0.717, 1.165) is 17.9 Å². The Hall–Kier alpha value is -1.06. The van der Waals surface area contributed by atoms with Crippen molar-refractivity contribution in [2.24, 2.45) is 0 Å². The molecule has 0 fully saturated rings. The molecule has 1 aromatic rings. The van der Waals surface area contributed by atoms with E-state index >= 15 is 0 Å². The van der Waals surface area contributed by atoms with E-state index in [1.54, 1.807) is 7.11 Å². The Morgan fingerprint density at radius 3 is 2.56 bits per heavy atom. The van der Waals surface area contributed by atoms with Crippen LogP contribution in [0.3, 0.4) is 0 Å². The fraction of sp³-hybridized carbons (Fsp3) is 0.538. The molecule has 0 aliphatic rings. The summed E-state index contributed by atoms with van der Waals surface area (Å²) in [5.41, 5.74) is 3.58. The van der Waals surface area contributed by atoms with Gasteiger partial charge in [-0.2, -0.15) is 0 Å². The van der Waals surface area contributed by atoms with Gasteiger partial charge in [-0.25, -0.2) is 0 Å². The van der Waals surface area contributed by atoms with Crippen LogP contribution in [0.2, 0.25) is 0 Å². The third kappa shape index (κ3) is 3.22. The number of likely N-dealkylation sites (N-methyl/N-ethyl adjacent to an activating group) is 1. The summed E-state index contributed by atoms with van der Waals surface area (Å²) in [5, 5.41) is 8.88. The van der Waals surface area contributed by atoms with Crippen LogP contribution in [0.15, 0.2) is 12.1 Å². The lowest BCUT2D eigenvalue weighted by molar-refractivity contribution is 0.216. The molecule has 0 aromatic heterocycles. The lowest BCUT2D eigenvalue weighted by Crippen LogP contribution is -2.22. The Labute approximate surface area is 97.7 Å². The molecule has 0 amide bonds. The molecule has 0 heterocycles. The maximum absolute atomic E-state index is 8.88. The molecule has 0 bridgehead atoms. The minimum atomic E-state index is 0.184. The van der Waals surface area contributed by atoms with Gasteiger partial charge in [-0.3, -0.25) is 4.90 Å². The highest BCUT2D eigenvalue weighted by Crippen LogP contribution is 2.25. The van der Waals surface area contributed by atoms with Gasteiger partial charge in [-0.15, -0.1) is 0 Å². The van der Waals surface area contributed by atoms with Crippen LogP contribution in [-0.2, 0) is 6.54 Å². The van der Waals surface area contributed by atoms with Crippen LogP contribution >= 0.6 is 0 Å². The highest BCUT2D eigenvalue weighted by molar-refractivity contribution is 5.43. The number of methoxy groups -OCH3 is 1. The van der Waals surface area contributed by atoms with Gasteiger partial charge in [0.05, 0.1) is 13.7 Å². The molecule has 0 atom stereocenters. The van der Waals surface area contributed by atoms with E-state index in [2.05, 4.69) is 30.9 Å². The molecule has 1 rings (SSSR count). The first kappa shape index (κ1) is 13.0. The molecule has 1 aromatic carbocycles. The number of hydrogen-bond acceptors (Lipinski definition) is 3. The molecule has 3 nitrogen and oxygen atoms in total. The summed E-state index contributed by atoms with van der Waals surface area (Å²) < 4.78 is 5.42. The second-order valence-electron chi connectivity index (χ2n) is 4.24. The summed E-state index contributed by atoms with van der Waals surface area (Å²) in [6.07, 6.45) is 0. The van der Waals surface area contributed by atoms with Crippen molar-refractivity contribution in [3.8, 4) is 5.75 Å². The van der Waals surface area contributed by atoms with E-state index in [4.69, 9.17) is 9.84 Å². The highest BCUT2D eigenvalue weighted by atomic mass is 16.5. The average Bonchev–Trinajstić information content (AvgIpc) is 2.17. The Morgan fingerprint density at radius 1 is 1.31 bits per heavy atom. The van der Waals surface area contributed by atoms with Crippen LogP contribution in [-0.4, -0.2) is 37.3 Å². The summed E-state index contributed by atoms with van der Waals surface area (Å²) in [7, 11) is 3.69. The van der Waals surface area contributed by atoms with Gasteiger partial charge in [-0.1, -0.05) is 17.7 Å². The van der Waals surface area contributed by atoms with Crippen LogP contribution < -0.4 is 4.74 Å². The van der Waals surface area contributed by atoms with Crippen LogP contribution in [0.25, 0.3) is 0 Å². The second kappa shape index (κ2) is 5.87. The average molecular weight is 223 g/mol. The van der Waals surface area contributed by atoms with Crippen molar-refractivity contribution in [1.29, 1.82) is 0 Å². The van der Waals surface area contributed by atoms with Crippen molar-refractivity contribution in [2.75, 3.05) is 27.3 Å². The zero-order valence-electron chi connectivity index (χ0n) is 10.6. The smallest absolute Gasteiger partial charge is 0.126 e. The van der Waals surface area contributed by atoms with Crippen molar-refractivity contribution in [3.63, 3.8) is 0 Å². The van der Waals surface area contributed by atoms with Gasteiger partial charge < -0.3 is 9.84 Å². The number of rotatable bonds is 5. The predicted molar refractivity (Wildman–Crippen MR) is 65.9 cm³/mol. The molecule has 0 aliphatic heterocycles. The Morgan fingerprint density at radius 2 is 2.00 bits per heavy atom. The van der Waals surface area contributed by atoms with Crippen LogP contribution in [0, 0.1) is 13.8 Å². The second-order valence-corrected chi connectivity index (χ2v) is 4.24. The van der Waals surface area contributed by atoms with Gasteiger partial charge >= 0.3 is 0 Å². The van der Waals surface area contributed by atoms with E-state index in [1.165, 1.54) is 11.1 Å². The van der Waals surface area contributed by atoms with Gasteiger partial charge in [0.15, 0.2) is 0 Å². The molecule has 3 heteroatoms. The predicted octanol–water partition coefficient (Wildman–Crippen LogP) is 1.74. The third-order valence-corrected chi connectivity index (χ3v) is 2.62. The van der Waals surface area contributed by atoms with E-state index in [1.807, 2.05) is 7.05 Å². The van der Waals surface area contributed by atoms with Gasteiger partial charge in [-0.05, 0) is 26.5 Å². The van der Waals surface area contributed by atoms with Gasteiger partial charge in [0.25, 0.3) is 0 Å². The Kier molecular flexibility index (Phi) is 4.77. The van der Waals surface area contributed by atoms with E-state index in [0.29, 0.717) is 6.54 Å². The molecule has 16 heavy (non-hydrogen) atoms. The molecule has 0 radical (unpaired) electrons. The van der Waals surface area contributed by atoms with Crippen molar-refractivity contribution < 1.29 is 9.84 Å². The van der Waals surface area contributed by atoms with Gasteiger partial charge in [0.1, 0.15) is 5.75 Å². The molecule has 1 N–H and O–H groups in total. The fourth-order valence-electron chi connectivity index (χ4n) is 1.99. The normalized spacial score (nSPS) is 10.9. The molecular weight excluding hydrogens is 202 g/mol. The summed E-state index contributed by atoms with van der Waals surface area (Å²) in [6, 6.07) is 4.26. The molecule has 0 saturated carbocycles. The maximum Gasteiger partial charge on any atom is 0.126 e. The Balaban J connectivity index is 2.93. The maximum atomic E-state index is 8.88. The van der Waals surface area contributed by atoms with Crippen molar-refractivity contribution in [3.05, 3.63) is 28.8 Å². The first-order valence-corrected chi connectivity index (χ1v) is 5.52. The first-order valence-electron chi connectivity index (χ1n) is 5.52. The molecule has 90 valence electrons. The lowest BCUT2D eigenvalue weighted by atomic mass is 10.1. The van der Waals surface area contributed by atoms with E-state index in [-0.39, 0.29) is 6.61 Å². The monoisotopic (exact) mass is 223 g/mol. The van der Waals surface area contributed by atoms with Crippen molar-refractivity contribution >= 4 is 0 Å². The summed E-state index contributed by atoms with van der Waals surface area (Å²) >= 11 is 0. The molecule has 0 saturated heterocycles. The number of aryl methyl sites for hydroxylation is 2. The van der Waals surface area contributed by atoms with E-state index < -0.39 is 0 Å². The lowest BCUT2D eigenvalue weighted by Gasteiger charge is -2.19. The number of aliphatic hydroxyl groups excluding tert-OH is 1. The SMILES string of the molecule is COc1c(C)cc(C)cc1CN(C)CCO. The van der Waals surface area contributed by atoms with Crippen LogP contribution in [0.4, 0.5) is 0 Å². The fourth-order valence-corrected chi connectivity index (χ4v) is 1.99. The zero-order chi connectivity index (χ0) is 12.1. The van der Waals surface area contributed by atoms with E-state index in [9.17, 15) is 0 Å². The minimum Gasteiger partial charge on any atom is -0.496 e. The number of aliphatic hydroxyl groups is 1. The summed E-state index contributed by atoms with van der Waals surface area (Å²) in [6.45, 7) is 5.80. The third-order valence-electron chi connectivity index (χ3n) is 2.62. The van der Waals surface area contributed by atoms with Gasteiger partial charge in [0.2, 0.25) is 0 Å². The van der Waals surface area contributed by atoms with Crippen LogP contribution in [0.1, 0.15) is 16.7 Å². The molecule has 0 unspecified atom stereocenters. The molecule has 0 aliphatic carbocycles. The first-order chi connectivity index (χ1) is 7.58. The number of hydrogen-bond donors (Lipinski definition) is 1. The zero-order valence-corrected chi connectivity index (χ0v) is 10.6. The largest absolute Gasteiger partial charge is 0.496 e. The number of nitrogens with zero attached hydrogens (tertiary/aromatic N) is 1.